The number of likely N-dealkylation sites (tertiary alicyclic amines) is 1. The lowest BCUT2D eigenvalue weighted by atomic mass is 9.89. The van der Waals surface area contributed by atoms with E-state index in [4.69, 9.17) is 11.5 Å². The maximum Gasteiger partial charge on any atom is 0.248 e. The third-order valence-corrected chi connectivity index (χ3v) is 4.66. The van der Waals surface area contributed by atoms with Crippen LogP contribution in [0.25, 0.3) is 0 Å². The molecule has 1 saturated heterocycles. The van der Waals surface area contributed by atoms with Crippen molar-refractivity contribution in [3.05, 3.63) is 71.3 Å². The van der Waals surface area contributed by atoms with Crippen molar-refractivity contribution in [3.63, 3.8) is 0 Å². The number of carbonyl (C=O) groups is 1. The zero-order chi connectivity index (χ0) is 16.2. The molecule has 3 rings (SSSR count). The number of nitrogens with two attached hydrogens (primary N) is 2. The molecule has 2 atom stereocenters. The zero-order valence-corrected chi connectivity index (χ0v) is 14.4. The van der Waals surface area contributed by atoms with Crippen LogP contribution in [-0.4, -0.2) is 30.4 Å². The minimum Gasteiger partial charge on any atom is -0.366 e. The number of primary amides is 1. The van der Waals surface area contributed by atoms with Crippen LogP contribution in [0.3, 0.4) is 0 Å². The van der Waals surface area contributed by atoms with Gasteiger partial charge in [0.2, 0.25) is 5.91 Å². The molecule has 0 aromatic heterocycles. The topological polar surface area (TPSA) is 72.3 Å². The first-order valence-corrected chi connectivity index (χ1v) is 8.03. The van der Waals surface area contributed by atoms with Crippen LogP contribution < -0.4 is 11.5 Å². The molecule has 2 aromatic carbocycles. The summed E-state index contributed by atoms with van der Waals surface area (Å²) in [5.41, 5.74) is 14.4. The molecule has 0 aliphatic carbocycles. The number of rotatable bonds is 5. The van der Waals surface area contributed by atoms with Gasteiger partial charge in [-0.2, -0.15) is 0 Å². The normalized spacial score (nSPS) is 20.5. The molecular formula is C19H24ClN3O. The van der Waals surface area contributed by atoms with Crippen LogP contribution in [0.4, 0.5) is 0 Å². The summed E-state index contributed by atoms with van der Waals surface area (Å²) in [6.45, 7) is 3.49. The maximum atomic E-state index is 11.3. The predicted octanol–water partition coefficient (Wildman–Crippen LogP) is 2.38. The lowest BCUT2D eigenvalue weighted by Gasteiger charge is -2.17. The summed E-state index contributed by atoms with van der Waals surface area (Å²) in [6, 6.07) is 18.2. The van der Waals surface area contributed by atoms with Crippen molar-refractivity contribution in [2.24, 2.45) is 17.4 Å². The van der Waals surface area contributed by atoms with Crippen molar-refractivity contribution in [1.29, 1.82) is 0 Å². The maximum absolute atomic E-state index is 11.3. The van der Waals surface area contributed by atoms with Crippen molar-refractivity contribution >= 4 is 18.3 Å². The Hall–Kier alpha value is -1.88. The smallest absolute Gasteiger partial charge is 0.248 e. The second-order valence-corrected chi connectivity index (χ2v) is 6.27. The second-order valence-electron chi connectivity index (χ2n) is 6.27. The van der Waals surface area contributed by atoms with Gasteiger partial charge in [-0.25, -0.2) is 0 Å². The molecule has 1 fully saturated rings. The van der Waals surface area contributed by atoms with Crippen LogP contribution in [0.5, 0.6) is 0 Å². The fourth-order valence-electron chi connectivity index (χ4n) is 3.49. The summed E-state index contributed by atoms with van der Waals surface area (Å²) >= 11 is 0. The molecule has 1 heterocycles. The summed E-state index contributed by atoms with van der Waals surface area (Å²) in [5.74, 6) is 0.563. The molecule has 128 valence electrons. The van der Waals surface area contributed by atoms with Crippen LogP contribution in [0, 0.1) is 5.92 Å². The van der Waals surface area contributed by atoms with Gasteiger partial charge >= 0.3 is 0 Å². The molecule has 2 aromatic rings. The van der Waals surface area contributed by atoms with E-state index < -0.39 is 0 Å². The summed E-state index contributed by atoms with van der Waals surface area (Å²) in [4.78, 5) is 13.7. The van der Waals surface area contributed by atoms with Crippen molar-refractivity contribution in [2.75, 3.05) is 19.6 Å². The van der Waals surface area contributed by atoms with E-state index in [0.717, 1.165) is 25.2 Å². The van der Waals surface area contributed by atoms with Gasteiger partial charge in [-0.05, 0) is 35.7 Å². The Morgan fingerprint density at radius 1 is 1.08 bits per heavy atom. The molecule has 0 bridgehead atoms. The molecule has 24 heavy (non-hydrogen) atoms. The molecule has 4 N–H and O–H groups in total. The SMILES string of the molecule is Cl.NC[C@@H]1CN(Cc2cccc(C(N)=O)c2)C[C@H]1c1ccccc1. The van der Waals surface area contributed by atoms with Gasteiger partial charge in [0.25, 0.3) is 0 Å². The lowest BCUT2D eigenvalue weighted by Crippen LogP contribution is -2.23. The molecule has 0 spiro atoms. The predicted molar refractivity (Wildman–Crippen MR) is 99.2 cm³/mol. The van der Waals surface area contributed by atoms with Gasteiger partial charge in [-0.3, -0.25) is 9.69 Å². The Balaban J connectivity index is 0.00000208. The van der Waals surface area contributed by atoms with Crippen LogP contribution in [0.1, 0.15) is 27.4 Å². The largest absolute Gasteiger partial charge is 0.366 e. The third-order valence-electron chi connectivity index (χ3n) is 4.66. The molecule has 0 saturated carbocycles. The minimum absolute atomic E-state index is 0. The van der Waals surface area contributed by atoms with E-state index in [-0.39, 0.29) is 18.3 Å². The highest BCUT2D eigenvalue weighted by Gasteiger charge is 2.32. The van der Waals surface area contributed by atoms with E-state index in [1.807, 2.05) is 24.3 Å². The number of halogens is 1. The van der Waals surface area contributed by atoms with Crippen molar-refractivity contribution in [1.82, 2.24) is 4.90 Å². The third kappa shape index (κ3) is 4.15. The summed E-state index contributed by atoms with van der Waals surface area (Å²) in [6.07, 6.45) is 0. The first-order valence-electron chi connectivity index (χ1n) is 8.03. The minimum atomic E-state index is -0.379. The molecular weight excluding hydrogens is 322 g/mol. The molecule has 4 nitrogen and oxygen atoms in total. The van der Waals surface area contributed by atoms with Crippen LogP contribution in [-0.2, 0) is 6.54 Å². The van der Waals surface area contributed by atoms with E-state index in [1.165, 1.54) is 5.56 Å². The average molecular weight is 346 g/mol. The highest BCUT2D eigenvalue weighted by atomic mass is 35.5. The van der Waals surface area contributed by atoms with E-state index in [2.05, 4.69) is 29.2 Å². The van der Waals surface area contributed by atoms with Crippen LogP contribution in [0.15, 0.2) is 54.6 Å². The average Bonchev–Trinajstić information content (AvgIpc) is 2.99. The molecule has 0 radical (unpaired) electrons. The number of benzene rings is 2. The van der Waals surface area contributed by atoms with Gasteiger partial charge in [0.15, 0.2) is 0 Å². The number of amides is 1. The molecule has 0 unspecified atom stereocenters. The molecule has 1 aliphatic rings. The fraction of sp³-hybridized carbons (Fsp3) is 0.316. The van der Waals surface area contributed by atoms with E-state index >= 15 is 0 Å². The number of carbonyl (C=O) groups excluding carboxylic acids is 1. The fourth-order valence-corrected chi connectivity index (χ4v) is 3.49. The summed E-state index contributed by atoms with van der Waals surface area (Å²) in [5, 5.41) is 0. The molecule has 5 heteroatoms. The van der Waals surface area contributed by atoms with Gasteiger partial charge in [0.05, 0.1) is 0 Å². The molecule has 1 amide bonds. The monoisotopic (exact) mass is 345 g/mol. The van der Waals surface area contributed by atoms with E-state index in [1.54, 1.807) is 6.07 Å². The summed E-state index contributed by atoms with van der Waals surface area (Å²) < 4.78 is 0. The Labute approximate surface area is 149 Å². The first kappa shape index (κ1) is 18.5. The quantitative estimate of drug-likeness (QED) is 0.873. The number of hydrogen-bond acceptors (Lipinski definition) is 3. The Kier molecular flexibility index (Phi) is 6.37. The van der Waals surface area contributed by atoms with E-state index in [9.17, 15) is 4.79 Å². The zero-order valence-electron chi connectivity index (χ0n) is 13.6. The number of hydrogen-bond donors (Lipinski definition) is 2. The highest BCUT2D eigenvalue weighted by Crippen LogP contribution is 2.32. The van der Waals surface area contributed by atoms with E-state index in [0.29, 0.717) is 23.9 Å². The number of nitrogens with zero attached hydrogens (tertiary/aromatic N) is 1. The van der Waals surface area contributed by atoms with Gasteiger partial charge in [0, 0.05) is 31.1 Å². The Bertz CT molecular complexity index is 677. The van der Waals surface area contributed by atoms with Gasteiger partial charge in [-0.1, -0.05) is 42.5 Å². The van der Waals surface area contributed by atoms with Crippen molar-refractivity contribution in [3.8, 4) is 0 Å². The lowest BCUT2D eigenvalue weighted by molar-refractivity contribution is 0.1000. The van der Waals surface area contributed by atoms with Crippen LogP contribution in [0.2, 0.25) is 0 Å². The standard InChI is InChI=1S/C19H23N3O.ClH/c20-10-17-12-22(13-18(17)15-6-2-1-3-7-15)11-14-5-4-8-16(9-14)19(21)23;/h1-9,17-18H,10-13,20H2,(H2,21,23);1H/t17-,18+;/m1./s1. The van der Waals surface area contributed by atoms with Crippen molar-refractivity contribution < 1.29 is 4.79 Å². The first-order chi connectivity index (χ1) is 11.2. The highest BCUT2D eigenvalue weighted by molar-refractivity contribution is 5.92. The summed E-state index contributed by atoms with van der Waals surface area (Å²) in [7, 11) is 0. The second kappa shape index (κ2) is 8.29. The van der Waals surface area contributed by atoms with Crippen molar-refractivity contribution in [2.45, 2.75) is 12.5 Å². The Morgan fingerprint density at radius 3 is 2.50 bits per heavy atom. The van der Waals surface area contributed by atoms with Gasteiger partial charge < -0.3 is 11.5 Å². The molecule has 1 aliphatic heterocycles. The Morgan fingerprint density at radius 2 is 1.83 bits per heavy atom. The van der Waals surface area contributed by atoms with Gasteiger partial charge in [0.1, 0.15) is 0 Å². The van der Waals surface area contributed by atoms with Gasteiger partial charge in [-0.15, -0.1) is 12.4 Å². The van der Waals surface area contributed by atoms with Crippen LogP contribution >= 0.6 is 12.4 Å².